The van der Waals surface area contributed by atoms with Gasteiger partial charge in [-0.2, -0.15) is 10.5 Å². The van der Waals surface area contributed by atoms with E-state index in [1.807, 2.05) is 6.07 Å². The molecule has 21 heavy (non-hydrogen) atoms. The van der Waals surface area contributed by atoms with Gasteiger partial charge in [0.25, 0.3) is 0 Å². The average molecular weight is 286 g/mol. The van der Waals surface area contributed by atoms with Gasteiger partial charge in [0.2, 0.25) is 0 Å². The smallest absolute Gasteiger partial charge is 0.312 e. The Hall–Kier alpha value is -2.64. The molecule has 2 rings (SSSR count). The van der Waals surface area contributed by atoms with E-state index >= 15 is 0 Å². The number of nitro benzene ring substituents is 1. The second-order valence-corrected chi connectivity index (χ2v) is 4.95. The molecule has 1 aromatic rings. The molecule has 1 N–H and O–H groups in total. The molecule has 7 heteroatoms. The molecule has 1 atom stereocenters. The molecule has 0 radical (unpaired) electrons. The summed E-state index contributed by atoms with van der Waals surface area (Å²) in [4.78, 5) is 10.4. The number of nitriles is 2. The maximum Gasteiger partial charge on any atom is 0.312 e. The van der Waals surface area contributed by atoms with E-state index in [1.54, 1.807) is 7.05 Å². The van der Waals surface area contributed by atoms with Crippen LogP contribution in [-0.2, 0) is 0 Å². The van der Waals surface area contributed by atoms with Crippen LogP contribution in [0, 0.1) is 38.7 Å². The average Bonchev–Trinajstić information content (AvgIpc) is 3.34. The van der Waals surface area contributed by atoms with Gasteiger partial charge in [-0.05, 0) is 37.9 Å². The Morgan fingerprint density at radius 1 is 1.52 bits per heavy atom. The van der Waals surface area contributed by atoms with E-state index in [4.69, 9.17) is 10.00 Å². The molecule has 0 amide bonds. The Kier molecular flexibility index (Phi) is 4.06. The fraction of sp³-hybridized carbons (Fsp3) is 0.429. The largest absolute Gasteiger partial charge is 0.484 e. The van der Waals surface area contributed by atoms with E-state index in [2.05, 4.69) is 11.4 Å². The number of hydrogen-bond acceptors (Lipinski definition) is 6. The van der Waals surface area contributed by atoms with Crippen LogP contribution in [0.2, 0.25) is 0 Å². The van der Waals surface area contributed by atoms with Gasteiger partial charge in [0, 0.05) is 6.07 Å². The first-order chi connectivity index (χ1) is 10.1. The second-order valence-electron chi connectivity index (χ2n) is 4.95. The number of benzene rings is 1. The Bertz CT molecular complexity index is 643. The lowest BCUT2D eigenvalue weighted by molar-refractivity contribution is -0.385. The third-order valence-corrected chi connectivity index (χ3v) is 3.66. The first kappa shape index (κ1) is 14.8. The maximum absolute atomic E-state index is 11.0. The topological polar surface area (TPSA) is 112 Å². The molecule has 0 spiro atoms. The van der Waals surface area contributed by atoms with Crippen molar-refractivity contribution in [2.75, 3.05) is 13.7 Å². The van der Waals surface area contributed by atoms with Crippen LogP contribution in [0.3, 0.4) is 0 Å². The lowest BCUT2D eigenvalue weighted by Gasteiger charge is -2.25. The molecule has 1 saturated carbocycles. The molecule has 0 aromatic heterocycles. The summed E-state index contributed by atoms with van der Waals surface area (Å²) in [5.41, 5.74) is -0.911. The quantitative estimate of drug-likeness (QED) is 0.629. The third kappa shape index (κ3) is 2.93. The van der Waals surface area contributed by atoms with Crippen molar-refractivity contribution in [3.05, 3.63) is 33.9 Å². The molecule has 1 aliphatic carbocycles. The number of hydrogen-bond donors (Lipinski definition) is 1. The van der Waals surface area contributed by atoms with Gasteiger partial charge in [-0.3, -0.25) is 15.4 Å². The standard InChI is InChI=1S/C14H14N4O3/c1-17-14(8-16,11-3-4-11)9-21-13-5-2-10(7-15)6-12(13)18(19)20/h2,5-6,11,17H,3-4,9H2,1H3. The predicted molar refractivity (Wildman–Crippen MR) is 73.4 cm³/mol. The minimum Gasteiger partial charge on any atom is -0.484 e. The van der Waals surface area contributed by atoms with Crippen molar-refractivity contribution in [3.63, 3.8) is 0 Å². The fourth-order valence-electron chi connectivity index (χ4n) is 2.19. The minimum atomic E-state index is -0.832. The molecule has 1 fully saturated rings. The molecule has 0 bridgehead atoms. The van der Waals surface area contributed by atoms with Crippen molar-refractivity contribution in [1.29, 1.82) is 10.5 Å². The highest BCUT2D eigenvalue weighted by molar-refractivity contribution is 5.51. The number of likely N-dealkylation sites (N-methyl/N-ethyl adjacent to an activating group) is 1. The highest BCUT2D eigenvalue weighted by Gasteiger charge is 2.45. The summed E-state index contributed by atoms with van der Waals surface area (Å²) in [6.07, 6.45) is 1.88. The van der Waals surface area contributed by atoms with Gasteiger partial charge < -0.3 is 4.74 Å². The molecule has 0 aliphatic heterocycles. The number of nitrogens with zero attached hydrogens (tertiary/aromatic N) is 3. The Balaban J connectivity index is 2.22. The monoisotopic (exact) mass is 286 g/mol. The summed E-state index contributed by atoms with van der Waals surface area (Å²) in [7, 11) is 1.68. The van der Waals surface area contributed by atoms with E-state index in [1.165, 1.54) is 18.2 Å². The molecular weight excluding hydrogens is 272 g/mol. The van der Waals surface area contributed by atoms with Crippen LogP contribution < -0.4 is 10.1 Å². The van der Waals surface area contributed by atoms with Crippen LogP contribution >= 0.6 is 0 Å². The lowest BCUT2D eigenvalue weighted by Crippen LogP contribution is -2.49. The molecule has 0 saturated heterocycles. The van der Waals surface area contributed by atoms with Crippen molar-refractivity contribution in [1.82, 2.24) is 5.32 Å². The van der Waals surface area contributed by atoms with Gasteiger partial charge in [-0.15, -0.1) is 0 Å². The predicted octanol–water partition coefficient (Wildman–Crippen LogP) is 1.74. The van der Waals surface area contributed by atoms with Gasteiger partial charge in [0.1, 0.15) is 12.1 Å². The van der Waals surface area contributed by atoms with Crippen molar-refractivity contribution in [2.24, 2.45) is 5.92 Å². The number of ether oxygens (including phenoxy) is 1. The van der Waals surface area contributed by atoms with Crippen LogP contribution in [0.1, 0.15) is 18.4 Å². The Morgan fingerprint density at radius 3 is 2.71 bits per heavy atom. The van der Waals surface area contributed by atoms with Crippen LogP contribution in [0.25, 0.3) is 0 Å². The number of nitrogens with one attached hydrogen (secondary N) is 1. The summed E-state index contributed by atoms with van der Waals surface area (Å²) in [5.74, 6) is 0.263. The summed E-state index contributed by atoms with van der Waals surface area (Å²) in [5, 5.41) is 32.1. The van der Waals surface area contributed by atoms with Gasteiger partial charge >= 0.3 is 5.69 Å². The van der Waals surface area contributed by atoms with Gasteiger partial charge in [0.05, 0.1) is 22.6 Å². The summed E-state index contributed by atoms with van der Waals surface area (Å²) < 4.78 is 5.51. The molecular formula is C14H14N4O3. The summed E-state index contributed by atoms with van der Waals surface area (Å²) in [6, 6.07) is 8.07. The van der Waals surface area contributed by atoms with E-state index in [0.717, 1.165) is 12.8 Å². The van der Waals surface area contributed by atoms with Crippen LogP contribution in [0.4, 0.5) is 5.69 Å². The van der Waals surface area contributed by atoms with Gasteiger partial charge in [0.15, 0.2) is 5.75 Å². The van der Waals surface area contributed by atoms with E-state index < -0.39 is 10.5 Å². The first-order valence-corrected chi connectivity index (χ1v) is 6.48. The zero-order chi connectivity index (χ0) is 15.5. The Labute approximate surface area is 121 Å². The van der Waals surface area contributed by atoms with Gasteiger partial charge in [-0.25, -0.2) is 0 Å². The molecule has 108 valence electrons. The zero-order valence-electron chi connectivity index (χ0n) is 11.5. The molecule has 0 heterocycles. The van der Waals surface area contributed by atoms with Crippen molar-refractivity contribution >= 4 is 5.69 Å². The van der Waals surface area contributed by atoms with E-state index in [9.17, 15) is 15.4 Å². The molecule has 7 nitrogen and oxygen atoms in total. The SMILES string of the molecule is CNC(C#N)(COc1ccc(C#N)cc1[N+](=O)[O-])C1CC1. The van der Waals surface area contributed by atoms with Gasteiger partial charge in [-0.1, -0.05) is 0 Å². The van der Waals surface area contributed by atoms with Crippen molar-refractivity contribution < 1.29 is 9.66 Å². The molecule has 1 unspecified atom stereocenters. The zero-order valence-corrected chi connectivity index (χ0v) is 11.5. The van der Waals surface area contributed by atoms with E-state index in [0.29, 0.717) is 0 Å². The van der Waals surface area contributed by atoms with Crippen LogP contribution in [0.15, 0.2) is 18.2 Å². The normalized spacial score (nSPS) is 16.3. The molecule has 1 aliphatic rings. The fourth-order valence-corrected chi connectivity index (χ4v) is 2.19. The summed E-state index contributed by atoms with van der Waals surface area (Å²) >= 11 is 0. The number of nitro groups is 1. The first-order valence-electron chi connectivity index (χ1n) is 6.48. The second kappa shape index (κ2) is 5.78. The summed E-state index contributed by atoms with van der Waals surface area (Å²) in [6.45, 7) is 0.0252. The number of rotatable bonds is 6. The van der Waals surface area contributed by atoms with Crippen LogP contribution in [0.5, 0.6) is 5.75 Å². The maximum atomic E-state index is 11.0. The van der Waals surface area contributed by atoms with Crippen LogP contribution in [-0.4, -0.2) is 24.1 Å². The molecule has 1 aromatic carbocycles. The highest BCUT2D eigenvalue weighted by atomic mass is 16.6. The van der Waals surface area contributed by atoms with Crippen molar-refractivity contribution in [3.8, 4) is 17.9 Å². The third-order valence-electron chi connectivity index (χ3n) is 3.66. The minimum absolute atomic E-state index is 0.0252. The Morgan fingerprint density at radius 2 is 2.24 bits per heavy atom. The van der Waals surface area contributed by atoms with Crippen molar-refractivity contribution in [2.45, 2.75) is 18.4 Å². The lowest BCUT2D eigenvalue weighted by atomic mass is 9.96. The highest BCUT2D eigenvalue weighted by Crippen LogP contribution is 2.40. The van der Waals surface area contributed by atoms with E-state index in [-0.39, 0.29) is 29.5 Å².